The van der Waals surface area contributed by atoms with E-state index in [1.54, 1.807) is 20.8 Å². The maximum atomic E-state index is 12.4. The maximum Gasteiger partial charge on any atom is 0.323 e. The van der Waals surface area contributed by atoms with Crippen molar-refractivity contribution in [1.29, 1.82) is 0 Å². The molecule has 21 heavy (non-hydrogen) atoms. The molecule has 0 radical (unpaired) electrons. The first kappa shape index (κ1) is 17.2. The van der Waals surface area contributed by atoms with Gasteiger partial charge in [0, 0.05) is 5.54 Å². The summed E-state index contributed by atoms with van der Waals surface area (Å²) < 4.78 is 0. The number of hydrogen-bond donors (Lipinski definition) is 2. The molecule has 1 amide bonds. The predicted molar refractivity (Wildman–Crippen MR) is 81.8 cm³/mol. The number of carboxylic acids is 1. The van der Waals surface area contributed by atoms with E-state index in [4.69, 9.17) is 10.8 Å². The van der Waals surface area contributed by atoms with Crippen molar-refractivity contribution in [2.45, 2.75) is 45.2 Å². The van der Waals surface area contributed by atoms with Crippen LogP contribution >= 0.6 is 0 Å². The lowest BCUT2D eigenvalue weighted by Crippen LogP contribution is -2.54. The molecule has 116 valence electrons. The van der Waals surface area contributed by atoms with Crippen molar-refractivity contribution < 1.29 is 14.7 Å². The van der Waals surface area contributed by atoms with Gasteiger partial charge in [0.1, 0.15) is 6.54 Å². The second kappa shape index (κ2) is 7.22. The van der Waals surface area contributed by atoms with Crippen LogP contribution in [0.15, 0.2) is 30.3 Å². The third-order valence-corrected chi connectivity index (χ3v) is 3.27. The Balaban J connectivity index is 2.68. The summed E-state index contributed by atoms with van der Waals surface area (Å²) in [5.41, 5.74) is 6.50. The average Bonchev–Trinajstić information content (AvgIpc) is 2.41. The summed E-state index contributed by atoms with van der Waals surface area (Å²) in [7, 11) is 0. The van der Waals surface area contributed by atoms with Crippen molar-refractivity contribution in [1.82, 2.24) is 4.90 Å². The smallest absolute Gasteiger partial charge is 0.323 e. The molecule has 5 heteroatoms. The molecule has 0 heterocycles. The van der Waals surface area contributed by atoms with Gasteiger partial charge >= 0.3 is 5.97 Å². The summed E-state index contributed by atoms with van der Waals surface area (Å²) in [4.78, 5) is 24.6. The number of carbonyl (C=O) groups excluding carboxylic acids is 1. The zero-order chi connectivity index (χ0) is 16.0. The summed E-state index contributed by atoms with van der Waals surface area (Å²) in [6, 6.07) is 9.08. The molecule has 0 aliphatic carbocycles. The minimum atomic E-state index is -1.03. The van der Waals surface area contributed by atoms with Gasteiger partial charge < -0.3 is 15.7 Å². The van der Waals surface area contributed by atoms with E-state index in [0.29, 0.717) is 12.8 Å². The molecular weight excluding hydrogens is 268 g/mol. The molecule has 0 unspecified atom stereocenters. The summed E-state index contributed by atoms with van der Waals surface area (Å²) in [5, 5.41) is 8.95. The molecule has 1 aromatic rings. The van der Waals surface area contributed by atoms with E-state index in [-0.39, 0.29) is 12.5 Å². The van der Waals surface area contributed by atoms with Gasteiger partial charge in [-0.3, -0.25) is 9.59 Å². The molecule has 1 atom stereocenters. The standard InChI is InChI=1S/C16H24N2O3/c1-16(2,3)18(11-14(19)20)15(21)13(17)10-9-12-7-5-4-6-8-12/h4-8,13H,9-11,17H2,1-3H3,(H,19,20)/t13-/m0/s1. The van der Waals surface area contributed by atoms with Crippen molar-refractivity contribution in [3.05, 3.63) is 35.9 Å². The molecular formula is C16H24N2O3. The molecule has 0 bridgehead atoms. The Kier molecular flexibility index (Phi) is 5.90. The molecule has 0 spiro atoms. The van der Waals surface area contributed by atoms with Crippen LogP contribution < -0.4 is 5.73 Å². The van der Waals surface area contributed by atoms with Crippen LogP contribution in [-0.4, -0.2) is 40.0 Å². The van der Waals surface area contributed by atoms with Crippen molar-refractivity contribution in [3.8, 4) is 0 Å². The number of hydrogen-bond acceptors (Lipinski definition) is 3. The molecule has 1 aromatic carbocycles. The van der Waals surface area contributed by atoms with Gasteiger partial charge in [0.25, 0.3) is 0 Å². The fourth-order valence-electron chi connectivity index (χ4n) is 2.07. The number of benzene rings is 1. The van der Waals surface area contributed by atoms with Gasteiger partial charge in [-0.1, -0.05) is 30.3 Å². The van der Waals surface area contributed by atoms with Crippen LogP contribution in [0.4, 0.5) is 0 Å². The van der Waals surface area contributed by atoms with Crippen molar-refractivity contribution in [3.63, 3.8) is 0 Å². The lowest BCUT2D eigenvalue weighted by molar-refractivity contribution is -0.149. The van der Waals surface area contributed by atoms with E-state index in [1.807, 2.05) is 30.3 Å². The molecule has 0 aliphatic heterocycles. The van der Waals surface area contributed by atoms with Crippen LogP contribution in [-0.2, 0) is 16.0 Å². The minimum absolute atomic E-state index is 0.319. The molecule has 3 N–H and O–H groups in total. The highest BCUT2D eigenvalue weighted by Gasteiger charge is 2.31. The molecule has 0 aromatic heterocycles. The number of amides is 1. The fourth-order valence-corrected chi connectivity index (χ4v) is 2.07. The van der Waals surface area contributed by atoms with Crippen LogP contribution in [0.1, 0.15) is 32.8 Å². The summed E-state index contributed by atoms with van der Waals surface area (Å²) in [6.45, 7) is 5.08. The Morgan fingerprint density at radius 3 is 2.29 bits per heavy atom. The lowest BCUT2D eigenvalue weighted by Gasteiger charge is -2.36. The predicted octanol–water partition coefficient (Wildman–Crippen LogP) is 1.66. The zero-order valence-corrected chi connectivity index (χ0v) is 12.9. The van der Waals surface area contributed by atoms with Crippen LogP contribution in [0, 0.1) is 0 Å². The van der Waals surface area contributed by atoms with Gasteiger partial charge in [0.2, 0.25) is 5.91 Å². The third-order valence-electron chi connectivity index (χ3n) is 3.27. The van der Waals surface area contributed by atoms with Gasteiger partial charge in [-0.25, -0.2) is 0 Å². The number of carbonyl (C=O) groups is 2. The van der Waals surface area contributed by atoms with Crippen molar-refractivity contribution in [2.75, 3.05) is 6.54 Å². The summed E-state index contributed by atoms with van der Waals surface area (Å²) >= 11 is 0. The first-order chi connectivity index (χ1) is 9.71. The summed E-state index contributed by atoms with van der Waals surface area (Å²) in [6.07, 6.45) is 1.19. The van der Waals surface area contributed by atoms with E-state index >= 15 is 0 Å². The molecule has 0 aliphatic rings. The fraction of sp³-hybridized carbons (Fsp3) is 0.500. The number of aryl methyl sites for hydroxylation is 1. The number of aliphatic carboxylic acids is 1. The van der Waals surface area contributed by atoms with Gasteiger partial charge in [0.15, 0.2) is 0 Å². The SMILES string of the molecule is CC(C)(C)N(CC(=O)O)C(=O)[C@@H](N)CCc1ccccc1. The Hall–Kier alpha value is -1.88. The average molecular weight is 292 g/mol. The zero-order valence-electron chi connectivity index (χ0n) is 12.9. The topological polar surface area (TPSA) is 83.6 Å². The lowest BCUT2D eigenvalue weighted by atomic mass is 10.0. The van der Waals surface area contributed by atoms with Crippen LogP contribution in [0.5, 0.6) is 0 Å². The molecule has 5 nitrogen and oxygen atoms in total. The van der Waals surface area contributed by atoms with Crippen LogP contribution in [0.25, 0.3) is 0 Å². The first-order valence-corrected chi connectivity index (χ1v) is 7.04. The summed E-state index contributed by atoms with van der Waals surface area (Å²) in [5.74, 6) is -1.35. The molecule has 1 rings (SSSR count). The van der Waals surface area contributed by atoms with Crippen LogP contribution in [0.3, 0.4) is 0 Å². The Bertz CT molecular complexity index is 480. The molecule has 0 saturated carbocycles. The normalized spacial score (nSPS) is 12.8. The van der Waals surface area contributed by atoms with Crippen LogP contribution in [0.2, 0.25) is 0 Å². The number of nitrogens with two attached hydrogens (primary N) is 1. The Morgan fingerprint density at radius 2 is 1.81 bits per heavy atom. The van der Waals surface area contributed by atoms with E-state index in [9.17, 15) is 9.59 Å². The molecule has 0 fully saturated rings. The van der Waals surface area contributed by atoms with Gasteiger partial charge in [-0.05, 0) is 39.2 Å². The highest BCUT2D eigenvalue weighted by molar-refractivity contribution is 5.85. The highest BCUT2D eigenvalue weighted by Crippen LogP contribution is 2.15. The third kappa shape index (κ3) is 5.55. The minimum Gasteiger partial charge on any atom is -0.480 e. The van der Waals surface area contributed by atoms with Crippen molar-refractivity contribution in [2.24, 2.45) is 5.73 Å². The van der Waals surface area contributed by atoms with Crippen molar-refractivity contribution >= 4 is 11.9 Å². The first-order valence-electron chi connectivity index (χ1n) is 7.04. The monoisotopic (exact) mass is 292 g/mol. The van der Waals surface area contributed by atoms with E-state index < -0.39 is 17.6 Å². The number of carboxylic acid groups (broad SMARTS) is 1. The maximum absolute atomic E-state index is 12.4. The second-order valence-corrected chi connectivity index (χ2v) is 6.12. The quantitative estimate of drug-likeness (QED) is 0.835. The number of nitrogens with zero attached hydrogens (tertiary/aromatic N) is 1. The largest absolute Gasteiger partial charge is 0.480 e. The molecule has 0 saturated heterocycles. The highest BCUT2D eigenvalue weighted by atomic mass is 16.4. The van der Waals surface area contributed by atoms with Gasteiger partial charge in [0.05, 0.1) is 6.04 Å². The Morgan fingerprint density at radius 1 is 1.24 bits per heavy atom. The van der Waals surface area contributed by atoms with Gasteiger partial charge in [-0.15, -0.1) is 0 Å². The second-order valence-electron chi connectivity index (χ2n) is 6.12. The van der Waals surface area contributed by atoms with E-state index in [1.165, 1.54) is 4.90 Å². The number of rotatable bonds is 6. The van der Waals surface area contributed by atoms with Gasteiger partial charge in [-0.2, -0.15) is 0 Å². The van der Waals surface area contributed by atoms with E-state index in [0.717, 1.165) is 5.56 Å². The van der Waals surface area contributed by atoms with E-state index in [2.05, 4.69) is 0 Å². The Labute approximate surface area is 125 Å².